The van der Waals surface area contributed by atoms with E-state index in [0.29, 0.717) is 6.04 Å². The number of morpholine rings is 1. The molecule has 0 aromatic carbocycles. The van der Waals surface area contributed by atoms with Crippen LogP contribution in [0.1, 0.15) is 39.0 Å². The van der Waals surface area contributed by atoms with Crippen LogP contribution in [0, 0.1) is 0 Å². The lowest BCUT2D eigenvalue weighted by Gasteiger charge is -2.32. The molecular weight excluding hydrogens is 250 g/mol. The quantitative estimate of drug-likeness (QED) is 0.915. The SMILES string of the molecule is CC1COCCN1Cc1ccc(CNC(C)(C)C)cn1. The first-order chi connectivity index (χ1) is 9.44. The van der Waals surface area contributed by atoms with E-state index in [1.807, 2.05) is 6.20 Å². The molecule has 1 aromatic heterocycles. The van der Waals surface area contributed by atoms with E-state index in [1.54, 1.807) is 0 Å². The first-order valence-corrected chi connectivity index (χ1v) is 7.45. The Morgan fingerprint density at radius 2 is 2.20 bits per heavy atom. The van der Waals surface area contributed by atoms with Gasteiger partial charge in [0.15, 0.2) is 0 Å². The molecule has 1 atom stereocenters. The van der Waals surface area contributed by atoms with E-state index in [0.717, 1.165) is 38.5 Å². The van der Waals surface area contributed by atoms with E-state index in [2.05, 4.69) is 55.0 Å². The third-order valence-corrected chi connectivity index (χ3v) is 3.58. The highest BCUT2D eigenvalue weighted by molar-refractivity contribution is 5.14. The van der Waals surface area contributed by atoms with Crippen molar-refractivity contribution < 1.29 is 4.74 Å². The molecule has 1 aromatic rings. The van der Waals surface area contributed by atoms with E-state index in [4.69, 9.17) is 4.74 Å². The van der Waals surface area contributed by atoms with Gasteiger partial charge in [0, 0.05) is 37.4 Å². The molecule has 0 amide bonds. The predicted molar refractivity (Wildman–Crippen MR) is 81.5 cm³/mol. The Hall–Kier alpha value is -0.970. The molecule has 0 radical (unpaired) electrons. The van der Waals surface area contributed by atoms with E-state index < -0.39 is 0 Å². The molecule has 0 spiro atoms. The van der Waals surface area contributed by atoms with Crippen LogP contribution in [0.25, 0.3) is 0 Å². The second-order valence-corrected chi connectivity index (χ2v) is 6.66. The molecule has 1 aliphatic rings. The molecule has 20 heavy (non-hydrogen) atoms. The van der Waals surface area contributed by atoms with Crippen molar-refractivity contribution in [2.24, 2.45) is 0 Å². The molecule has 1 aliphatic heterocycles. The molecule has 1 saturated heterocycles. The van der Waals surface area contributed by atoms with Crippen molar-refractivity contribution in [2.45, 2.75) is 52.4 Å². The highest BCUT2D eigenvalue weighted by atomic mass is 16.5. The van der Waals surface area contributed by atoms with Crippen LogP contribution >= 0.6 is 0 Å². The summed E-state index contributed by atoms with van der Waals surface area (Å²) in [6.07, 6.45) is 1.99. The zero-order chi connectivity index (χ0) is 14.6. The standard InChI is InChI=1S/C16H27N3O/c1-13-12-20-8-7-19(13)11-15-6-5-14(9-17-15)10-18-16(2,3)4/h5-6,9,13,18H,7-8,10-12H2,1-4H3. The molecule has 1 N–H and O–H groups in total. The average Bonchev–Trinajstić information content (AvgIpc) is 2.40. The van der Waals surface area contributed by atoms with Gasteiger partial charge in [0.2, 0.25) is 0 Å². The molecule has 4 nitrogen and oxygen atoms in total. The van der Waals surface area contributed by atoms with Crippen LogP contribution in [0.15, 0.2) is 18.3 Å². The number of pyridine rings is 1. The minimum atomic E-state index is 0.141. The highest BCUT2D eigenvalue weighted by Crippen LogP contribution is 2.11. The third kappa shape index (κ3) is 4.85. The van der Waals surface area contributed by atoms with Crippen LogP contribution in [-0.4, -0.2) is 41.2 Å². The minimum Gasteiger partial charge on any atom is -0.379 e. The summed E-state index contributed by atoms with van der Waals surface area (Å²) in [6.45, 7) is 13.2. The summed E-state index contributed by atoms with van der Waals surface area (Å²) in [7, 11) is 0. The summed E-state index contributed by atoms with van der Waals surface area (Å²) in [4.78, 5) is 7.01. The molecule has 0 bridgehead atoms. The summed E-state index contributed by atoms with van der Waals surface area (Å²) in [5.74, 6) is 0. The first kappa shape index (κ1) is 15.4. The molecule has 1 unspecified atom stereocenters. The Morgan fingerprint density at radius 1 is 1.40 bits per heavy atom. The van der Waals surface area contributed by atoms with Crippen LogP contribution in [-0.2, 0) is 17.8 Å². The summed E-state index contributed by atoms with van der Waals surface area (Å²) in [6, 6.07) is 4.79. The summed E-state index contributed by atoms with van der Waals surface area (Å²) >= 11 is 0. The van der Waals surface area contributed by atoms with Gasteiger partial charge in [-0.15, -0.1) is 0 Å². The molecule has 0 aliphatic carbocycles. The van der Waals surface area contributed by atoms with Crippen LogP contribution in [0.5, 0.6) is 0 Å². The molecular formula is C16H27N3O. The average molecular weight is 277 g/mol. The molecule has 4 heteroatoms. The van der Waals surface area contributed by atoms with Crippen LogP contribution in [0.3, 0.4) is 0 Å². The molecule has 112 valence electrons. The van der Waals surface area contributed by atoms with Gasteiger partial charge in [0.05, 0.1) is 18.9 Å². The number of rotatable bonds is 4. The third-order valence-electron chi connectivity index (χ3n) is 3.58. The zero-order valence-corrected chi connectivity index (χ0v) is 13.1. The highest BCUT2D eigenvalue weighted by Gasteiger charge is 2.19. The van der Waals surface area contributed by atoms with Gasteiger partial charge < -0.3 is 10.1 Å². The molecule has 1 fully saturated rings. The number of hydrogen-bond donors (Lipinski definition) is 1. The Bertz CT molecular complexity index is 411. The van der Waals surface area contributed by atoms with Crippen molar-refractivity contribution in [3.8, 4) is 0 Å². The van der Waals surface area contributed by atoms with Gasteiger partial charge in [-0.1, -0.05) is 6.07 Å². The summed E-state index contributed by atoms with van der Waals surface area (Å²) in [5, 5.41) is 3.48. The smallest absolute Gasteiger partial charge is 0.0619 e. The molecule has 2 rings (SSSR count). The second kappa shape index (κ2) is 6.66. The van der Waals surface area contributed by atoms with Gasteiger partial charge >= 0.3 is 0 Å². The van der Waals surface area contributed by atoms with E-state index in [-0.39, 0.29) is 5.54 Å². The maximum absolute atomic E-state index is 5.46. The second-order valence-electron chi connectivity index (χ2n) is 6.66. The van der Waals surface area contributed by atoms with Crippen molar-refractivity contribution in [1.29, 1.82) is 0 Å². The van der Waals surface area contributed by atoms with Gasteiger partial charge in [0.1, 0.15) is 0 Å². The Morgan fingerprint density at radius 3 is 2.80 bits per heavy atom. The van der Waals surface area contributed by atoms with Crippen LogP contribution in [0.2, 0.25) is 0 Å². The Kier molecular flexibility index (Phi) is 5.13. The number of nitrogens with zero attached hydrogens (tertiary/aromatic N) is 2. The van der Waals surface area contributed by atoms with E-state index in [1.165, 1.54) is 5.56 Å². The van der Waals surface area contributed by atoms with Gasteiger partial charge in [-0.05, 0) is 39.3 Å². The number of aromatic nitrogens is 1. The van der Waals surface area contributed by atoms with Gasteiger partial charge in [0.25, 0.3) is 0 Å². The number of ether oxygens (including phenoxy) is 1. The summed E-state index contributed by atoms with van der Waals surface area (Å²) < 4.78 is 5.46. The van der Waals surface area contributed by atoms with Gasteiger partial charge in [-0.25, -0.2) is 0 Å². The van der Waals surface area contributed by atoms with Gasteiger partial charge in [-0.3, -0.25) is 9.88 Å². The maximum Gasteiger partial charge on any atom is 0.0619 e. The topological polar surface area (TPSA) is 37.4 Å². The fourth-order valence-corrected chi connectivity index (χ4v) is 2.22. The monoisotopic (exact) mass is 277 g/mol. The van der Waals surface area contributed by atoms with Crippen molar-refractivity contribution in [3.05, 3.63) is 29.6 Å². The van der Waals surface area contributed by atoms with Crippen molar-refractivity contribution in [1.82, 2.24) is 15.2 Å². The van der Waals surface area contributed by atoms with Crippen molar-refractivity contribution >= 4 is 0 Å². The fraction of sp³-hybridized carbons (Fsp3) is 0.688. The van der Waals surface area contributed by atoms with E-state index >= 15 is 0 Å². The lowest BCUT2D eigenvalue weighted by molar-refractivity contribution is -0.00491. The molecule has 0 saturated carbocycles. The van der Waals surface area contributed by atoms with Crippen molar-refractivity contribution in [2.75, 3.05) is 19.8 Å². The predicted octanol–water partition coefficient (Wildman–Crippen LogP) is 2.19. The normalized spacial score (nSPS) is 21.1. The fourth-order valence-electron chi connectivity index (χ4n) is 2.22. The lowest BCUT2D eigenvalue weighted by atomic mass is 10.1. The molecule has 2 heterocycles. The van der Waals surface area contributed by atoms with Crippen molar-refractivity contribution in [3.63, 3.8) is 0 Å². The Labute approximate surface area is 122 Å². The van der Waals surface area contributed by atoms with E-state index in [9.17, 15) is 0 Å². The first-order valence-electron chi connectivity index (χ1n) is 7.45. The minimum absolute atomic E-state index is 0.141. The zero-order valence-electron chi connectivity index (χ0n) is 13.1. The maximum atomic E-state index is 5.46. The largest absolute Gasteiger partial charge is 0.379 e. The van der Waals surface area contributed by atoms with Crippen LogP contribution < -0.4 is 5.32 Å². The number of hydrogen-bond acceptors (Lipinski definition) is 4. The summed E-state index contributed by atoms with van der Waals surface area (Å²) in [5.41, 5.74) is 2.51. The lowest BCUT2D eigenvalue weighted by Crippen LogP contribution is -2.43. The van der Waals surface area contributed by atoms with Gasteiger partial charge in [-0.2, -0.15) is 0 Å². The Balaban J connectivity index is 1.88. The van der Waals surface area contributed by atoms with Crippen LogP contribution in [0.4, 0.5) is 0 Å². The number of nitrogens with one attached hydrogen (secondary N) is 1.